The molecule has 2 heterocycles. The first-order valence-corrected chi connectivity index (χ1v) is 7.28. The molecule has 1 saturated heterocycles. The van der Waals surface area contributed by atoms with E-state index >= 15 is 0 Å². The van der Waals surface area contributed by atoms with Crippen molar-refractivity contribution in [3.8, 4) is 17.0 Å². The molecule has 6 heteroatoms. The Bertz CT molecular complexity index is 646. The molecule has 1 aliphatic rings. The highest BCUT2D eigenvalue weighted by atomic mass is 16.5. The van der Waals surface area contributed by atoms with Crippen LogP contribution in [0.4, 0.5) is 5.82 Å². The van der Waals surface area contributed by atoms with E-state index < -0.39 is 0 Å². The van der Waals surface area contributed by atoms with Crippen LogP contribution in [0.1, 0.15) is 5.56 Å². The maximum absolute atomic E-state index is 10.0. The molecule has 1 fully saturated rings. The summed E-state index contributed by atoms with van der Waals surface area (Å²) in [6, 6.07) is 9.19. The smallest absolute Gasteiger partial charge is 0.151 e. The zero-order valence-electron chi connectivity index (χ0n) is 12.4. The monoisotopic (exact) mass is 301 g/mol. The van der Waals surface area contributed by atoms with Gasteiger partial charge in [-0.15, -0.1) is 10.2 Å². The maximum atomic E-state index is 10.0. The van der Waals surface area contributed by atoms with Gasteiger partial charge in [0.25, 0.3) is 0 Å². The second kappa shape index (κ2) is 6.29. The van der Waals surface area contributed by atoms with Gasteiger partial charge in [0.2, 0.25) is 0 Å². The Morgan fingerprint density at radius 1 is 1.27 bits per heavy atom. The number of rotatable bonds is 3. The highest BCUT2D eigenvalue weighted by Crippen LogP contribution is 2.28. The predicted molar refractivity (Wildman–Crippen MR) is 82.9 cm³/mol. The molecule has 0 radical (unpaired) electrons. The number of aliphatic hydroxyl groups is 1. The number of nitrogens with zero attached hydrogens (tertiary/aromatic N) is 3. The summed E-state index contributed by atoms with van der Waals surface area (Å²) in [7, 11) is 0. The number of aryl methyl sites for hydroxylation is 1. The van der Waals surface area contributed by atoms with Gasteiger partial charge in [0.15, 0.2) is 5.82 Å². The van der Waals surface area contributed by atoms with E-state index in [1.807, 2.05) is 36.1 Å². The highest BCUT2D eigenvalue weighted by Gasteiger charge is 2.21. The van der Waals surface area contributed by atoms with Gasteiger partial charge in [0.05, 0.1) is 25.0 Å². The van der Waals surface area contributed by atoms with Crippen molar-refractivity contribution in [1.82, 2.24) is 10.2 Å². The van der Waals surface area contributed by atoms with Gasteiger partial charge < -0.3 is 19.8 Å². The average molecular weight is 301 g/mol. The second-order valence-electron chi connectivity index (χ2n) is 5.42. The number of morpholine rings is 1. The van der Waals surface area contributed by atoms with E-state index in [4.69, 9.17) is 4.74 Å². The lowest BCUT2D eigenvalue weighted by molar-refractivity contribution is 0.00332. The standard InChI is InChI=1S/C16H19N3O3/c1-11-2-3-13(15(21)8-11)14-4-5-16(18-17-14)19-6-7-22-12(9-19)10-20/h2-5,8,12,20-21H,6-7,9-10H2,1H3/t12-/m0/s1. The molecule has 0 unspecified atom stereocenters. The Kier molecular flexibility index (Phi) is 4.22. The summed E-state index contributed by atoms with van der Waals surface area (Å²) < 4.78 is 5.43. The summed E-state index contributed by atoms with van der Waals surface area (Å²) in [4.78, 5) is 2.04. The number of benzene rings is 1. The minimum absolute atomic E-state index is 0.000743. The van der Waals surface area contributed by atoms with Crippen molar-refractivity contribution in [2.75, 3.05) is 31.2 Å². The summed E-state index contributed by atoms with van der Waals surface area (Å²) in [6.45, 7) is 3.81. The lowest BCUT2D eigenvalue weighted by Crippen LogP contribution is -2.44. The molecule has 22 heavy (non-hydrogen) atoms. The molecule has 0 aliphatic carbocycles. The van der Waals surface area contributed by atoms with Crippen LogP contribution in [0, 0.1) is 6.92 Å². The number of aromatic hydroxyl groups is 1. The average Bonchev–Trinajstić information content (AvgIpc) is 2.55. The quantitative estimate of drug-likeness (QED) is 0.891. The fraction of sp³-hybridized carbons (Fsp3) is 0.375. The molecule has 6 nitrogen and oxygen atoms in total. The highest BCUT2D eigenvalue weighted by molar-refractivity contribution is 5.67. The molecule has 1 aromatic heterocycles. The number of anilines is 1. The molecule has 0 amide bonds. The fourth-order valence-corrected chi connectivity index (χ4v) is 2.53. The van der Waals surface area contributed by atoms with Gasteiger partial charge in [-0.25, -0.2) is 0 Å². The molecule has 3 rings (SSSR count). The summed E-state index contributed by atoms with van der Waals surface area (Å²) in [6.07, 6.45) is -0.184. The van der Waals surface area contributed by atoms with E-state index in [0.29, 0.717) is 24.4 Å². The number of phenolic OH excluding ortho intramolecular Hbond substituents is 1. The number of phenols is 1. The summed E-state index contributed by atoms with van der Waals surface area (Å²) >= 11 is 0. The number of aliphatic hydroxyl groups excluding tert-OH is 1. The lowest BCUT2D eigenvalue weighted by atomic mass is 10.1. The molecule has 1 atom stereocenters. The molecular formula is C16H19N3O3. The van der Waals surface area contributed by atoms with Gasteiger partial charge in [0.1, 0.15) is 5.75 Å². The van der Waals surface area contributed by atoms with Crippen molar-refractivity contribution in [2.45, 2.75) is 13.0 Å². The zero-order valence-corrected chi connectivity index (χ0v) is 12.4. The van der Waals surface area contributed by atoms with Crippen LogP contribution in [-0.4, -0.2) is 52.8 Å². The topological polar surface area (TPSA) is 78.7 Å². The molecular weight excluding hydrogens is 282 g/mol. The van der Waals surface area contributed by atoms with Gasteiger partial charge in [-0.05, 0) is 36.8 Å². The van der Waals surface area contributed by atoms with E-state index in [1.54, 1.807) is 6.07 Å². The van der Waals surface area contributed by atoms with Gasteiger partial charge in [-0.3, -0.25) is 0 Å². The van der Waals surface area contributed by atoms with E-state index in [1.165, 1.54) is 0 Å². The zero-order chi connectivity index (χ0) is 15.5. The fourth-order valence-electron chi connectivity index (χ4n) is 2.53. The Morgan fingerprint density at radius 2 is 2.14 bits per heavy atom. The van der Waals surface area contributed by atoms with Crippen LogP contribution in [0.3, 0.4) is 0 Å². The van der Waals surface area contributed by atoms with Gasteiger partial charge in [-0.2, -0.15) is 0 Å². The largest absolute Gasteiger partial charge is 0.507 e. The number of hydrogen-bond donors (Lipinski definition) is 2. The Hall–Kier alpha value is -2.18. The first-order chi connectivity index (χ1) is 10.7. The Morgan fingerprint density at radius 3 is 2.82 bits per heavy atom. The van der Waals surface area contributed by atoms with Crippen LogP contribution in [0.5, 0.6) is 5.75 Å². The molecule has 0 bridgehead atoms. The molecule has 0 saturated carbocycles. The van der Waals surface area contributed by atoms with Crippen molar-refractivity contribution >= 4 is 5.82 Å². The van der Waals surface area contributed by atoms with Crippen LogP contribution in [0.25, 0.3) is 11.3 Å². The van der Waals surface area contributed by atoms with Crippen molar-refractivity contribution < 1.29 is 14.9 Å². The van der Waals surface area contributed by atoms with Crippen LogP contribution < -0.4 is 4.90 Å². The minimum Gasteiger partial charge on any atom is -0.507 e. The molecule has 2 N–H and O–H groups in total. The van der Waals surface area contributed by atoms with Crippen LogP contribution in [0.2, 0.25) is 0 Å². The minimum atomic E-state index is -0.184. The number of aromatic nitrogens is 2. The molecule has 1 aliphatic heterocycles. The summed E-state index contributed by atoms with van der Waals surface area (Å²) in [5, 5.41) is 27.6. The third-order valence-corrected chi connectivity index (χ3v) is 3.75. The van der Waals surface area contributed by atoms with Crippen molar-refractivity contribution in [3.63, 3.8) is 0 Å². The van der Waals surface area contributed by atoms with Crippen molar-refractivity contribution in [3.05, 3.63) is 35.9 Å². The number of hydrogen-bond acceptors (Lipinski definition) is 6. The van der Waals surface area contributed by atoms with Crippen molar-refractivity contribution in [2.24, 2.45) is 0 Å². The van der Waals surface area contributed by atoms with Gasteiger partial charge in [-0.1, -0.05) is 6.07 Å². The third kappa shape index (κ3) is 3.03. The Balaban J connectivity index is 1.80. The maximum Gasteiger partial charge on any atom is 0.151 e. The van der Waals surface area contributed by atoms with E-state index in [9.17, 15) is 10.2 Å². The predicted octanol–water partition coefficient (Wildman–Crippen LogP) is 1.36. The Labute approximate surface area is 129 Å². The summed E-state index contributed by atoms with van der Waals surface area (Å²) in [5.74, 6) is 0.950. The molecule has 116 valence electrons. The lowest BCUT2D eigenvalue weighted by Gasteiger charge is -2.32. The van der Waals surface area contributed by atoms with Crippen LogP contribution >= 0.6 is 0 Å². The normalized spacial score (nSPS) is 18.5. The molecule has 2 aromatic rings. The third-order valence-electron chi connectivity index (χ3n) is 3.75. The van der Waals surface area contributed by atoms with Crippen LogP contribution in [-0.2, 0) is 4.74 Å². The van der Waals surface area contributed by atoms with Gasteiger partial charge >= 0.3 is 0 Å². The summed E-state index contributed by atoms with van der Waals surface area (Å²) in [5.41, 5.74) is 2.29. The van der Waals surface area contributed by atoms with E-state index in [-0.39, 0.29) is 18.5 Å². The van der Waals surface area contributed by atoms with Crippen molar-refractivity contribution in [1.29, 1.82) is 0 Å². The first kappa shape index (κ1) is 14.7. The molecule has 0 spiro atoms. The molecule has 1 aromatic carbocycles. The van der Waals surface area contributed by atoms with Gasteiger partial charge in [0, 0.05) is 18.7 Å². The number of ether oxygens (including phenoxy) is 1. The first-order valence-electron chi connectivity index (χ1n) is 7.28. The SMILES string of the molecule is Cc1ccc(-c2ccc(N3CCO[C@H](CO)C3)nn2)c(O)c1. The van der Waals surface area contributed by atoms with E-state index in [0.717, 1.165) is 17.9 Å². The van der Waals surface area contributed by atoms with Crippen LogP contribution in [0.15, 0.2) is 30.3 Å². The second-order valence-corrected chi connectivity index (χ2v) is 5.42. The van der Waals surface area contributed by atoms with E-state index in [2.05, 4.69) is 10.2 Å².